The molecule has 0 aliphatic heterocycles. The first-order chi connectivity index (χ1) is 13.3. The van der Waals surface area contributed by atoms with Gasteiger partial charge >= 0.3 is 6.18 Å². The number of carbonyl (C=O) groups is 1. The average Bonchev–Trinajstić information content (AvgIpc) is 3.41. The van der Waals surface area contributed by atoms with E-state index >= 15 is 0 Å². The van der Waals surface area contributed by atoms with Crippen LogP contribution in [0.1, 0.15) is 41.9 Å². The number of fused-ring (bicyclic) bond motifs is 1. The van der Waals surface area contributed by atoms with Crippen LogP contribution in [0.4, 0.5) is 13.2 Å². The minimum Gasteiger partial charge on any atom is -0.353 e. The Morgan fingerprint density at radius 2 is 1.93 bits per heavy atom. The number of aromatic nitrogens is 1. The van der Waals surface area contributed by atoms with Crippen LogP contribution < -0.4 is 5.32 Å². The van der Waals surface area contributed by atoms with Gasteiger partial charge < -0.3 is 9.88 Å². The van der Waals surface area contributed by atoms with Crippen molar-refractivity contribution >= 4 is 16.8 Å². The third-order valence-electron chi connectivity index (χ3n) is 5.25. The Morgan fingerprint density at radius 1 is 1.18 bits per heavy atom. The molecule has 0 saturated heterocycles. The zero-order chi connectivity index (χ0) is 19.9. The highest BCUT2D eigenvalue weighted by Crippen LogP contribution is 2.37. The van der Waals surface area contributed by atoms with Gasteiger partial charge in [0.1, 0.15) is 0 Å². The van der Waals surface area contributed by atoms with Crippen molar-refractivity contribution in [3.05, 3.63) is 71.4 Å². The maximum absolute atomic E-state index is 13.3. The molecule has 1 aliphatic carbocycles. The molecule has 0 spiro atoms. The summed E-state index contributed by atoms with van der Waals surface area (Å²) >= 11 is 0. The highest BCUT2D eigenvalue weighted by atomic mass is 19.4. The number of amides is 1. The number of alkyl halides is 3. The van der Waals surface area contributed by atoms with Crippen molar-refractivity contribution in [1.82, 2.24) is 9.88 Å². The molecule has 1 fully saturated rings. The quantitative estimate of drug-likeness (QED) is 0.658. The maximum atomic E-state index is 13.3. The van der Waals surface area contributed by atoms with Crippen molar-refractivity contribution in [3.63, 3.8) is 0 Å². The van der Waals surface area contributed by atoms with E-state index in [1.165, 1.54) is 6.07 Å². The van der Waals surface area contributed by atoms with Gasteiger partial charge in [0.2, 0.25) is 5.91 Å². The van der Waals surface area contributed by atoms with Gasteiger partial charge in [0.05, 0.1) is 5.56 Å². The number of halogens is 3. The minimum absolute atomic E-state index is 0.117. The van der Waals surface area contributed by atoms with Gasteiger partial charge in [-0.05, 0) is 36.1 Å². The van der Waals surface area contributed by atoms with Gasteiger partial charge in [-0.1, -0.05) is 36.4 Å². The van der Waals surface area contributed by atoms with E-state index < -0.39 is 17.7 Å². The molecule has 1 aromatic heterocycles. The van der Waals surface area contributed by atoms with E-state index in [1.54, 1.807) is 6.07 Å². The highest BCUT2D eigenvalue weighted by Gasteiger charge is 2.32. The van der Waals surface area contributed by atoms with Crippen molar-refractivity contribution in [2.24, 2.45) is 7.05 Å². The van der Waals surface area contributed by atoms with Crippen molar-refractivity contribution < 1.29 is 18.0 Å². The number of hydrogen-bond donors (Lipinski definition) is 1. The summed E-state index contributed by atoms with van der Waals surface area (Å²) in [7, 11) is 1.90. The third-order valence-corrected chi connectivity index (χ3v) is 5.25. The van der Waals surface area contributed by atoms with Gasteiger partial charge in [-0.25, -0.2) is 0 Å². The fourth-order valence-electron chi connectivity index (χ4n) is 3.69. The smallest absolute Gasteiger partial charge is 0.353 e. The molecule has 146 valence electrons. The van der Waals surface area contributed by atoms with E-state index in [9.17, 15) is 18.0 Å². The van der Waals surface area contributed by atoms with Crippen LogP contribution in [0.2, 0.25) is 0 Å². The lowest BCUT2D eigenvalue weighted by Crippen LogP contribution is -2.27. The molecule has 1 atom stereocenters. The largest absolute Gasteiger partial charge is 0.416 e. The molecular formula is C22H21F3N2O. The Balaban J connectivity index is 1.78. The summed E-state index contributed by atoms with van der Waals surface area (Å²) in [6.45, 7) is 0. The van der Waals surface area contributed by atoms with Gasteiger partial charge in [0.25, 0.3) is 0 Å². The number of aryl methyl sites for hydroxylation is 1. The van der Waals surface area contributed by atoms with Crippen molar-refractivity contribution in [2.45, 2.75) is 37.4 Å². The molecule has 1 aliphatic rings. The first-order valence-corrected chi connectivity index (χ1v) is 9.33. The average molecular weight is 386 g/mol. The summed E-state index contributed by atoms with van der Waals surface area (Å²) in [5.74, 6) is -0.579. The topological polar surface area (TPSA) is 34.0 Å². The van der Waals surface area contributed by atoms with E-state index in [2.05, 4.69) is 5.32 Å². The SMILES string of the molecule is Cn1cc(C(CC(=O)NC2CC2)c2cccc(C(F)(F)F)c2)c2ccccc21. The molecule has 1 unspecified atom stereocenters. The molecule has 1 N–H and O–H groups in total. The fraction of sp³-hybridized carbons (Fsp3) is 0.318. The number of carbonyl (C=O) groups excluding carboxylic acids is 1. The predicted octanol–water partition coefficient (Wildman–Crippen LogP) is 5.00. The van der Waals surface area contributed by atoms with E-state index in [-0.39, 0.29) is 18.4 Å². The van der Waals surface area contributed by atoms with Crippen LogP contribution in [0.3, 0.4) is 0 Å². The number of hydrogen-bond acceptors (Lipinski definition) is 1. The summed E-state index contributed by atoms with van der Waals surface area (Å²) in [6, 6.07) is 13.3. The Labute approximate surface area is 161 Å². The van der Waals surface area contributed by atoms with Crippen molar-refractivity contribution in [3.8, 4) is 0 Å². The lowest BCUT2D eigenvalue weighted by molar-refractivity contribution is -0.137. The zero-order valence-corrected chi connectivity index (χ0v) is 15.5. The van der Waals surface area contributed by atoms with Gasteiger partial charge in [-0.15, -0.1) is 0 Å². The number of para-hydroxylation sites is 1. The second-order valence-corrected chi connectivity index (χ2v) is 7.43. The fourth-order valence-corrected chi connectivity index (χ4v) is 3.69. The molecule has 6 heteroatoms. The van der Waals surface area contributed by atoms with Gasteiger partial charge in [0, 0.05) is 42.5 Å². The molecule has 3 aromatic rings. The van der Waals surface area contributed by atoms with Crippen LogP contribution >= 0.6 is 0 Å². The molecule has 1 saturated carbocycles. The van der Waals surface area contributed by atoms with Gasteiger partial charge in [-0.3, -0.25) is 4.79 Å². The second kappa shape index (κ2) is 7.00. The van der Waals surface area contributed by atoms with Crippen LogP contribution in [0.5, 0.6) is 0 Å². The van der Waals surface area contributed by atoms with Crippen molar-refractivity contribution in [1.29, 1.82) is 0 Å². The molecule has 1 heterocycles. The zero-order valence-electron chi connectivity index (χ0n) is 15.5. The number of rotatable bonds is 5. The molecule has 28 heavy (non-hydrogen) atoms. The van der Waals surface area contributed by atoms with E-state index in [0.717, 1.165) is 41.4 Å². The predicted molar refractivity (Wildman–Crippen MR) is 102 cm³/mol. The molecule has 2 aromatic carbocycles. The maximum Gasteiger partial charge on any atom is 0.416 e. The first kappa shape index (κ1) is 18.6. The molecule has 0 bridgehead atoms. The first-order valence-electron chi connectivity index (χ1n) is 9.33. The van der Waals surface area contributed by atoms with Crippen LogP contribution in [-0.2, 0) is 18.0 Å². The Bertz CT molecular complexity index is 1020. The molecule has 3 nitrogen and oxygen atoms in total. The highest BCUT2D eigenvalue weighted by molar-refractivity contribution is 5.86. The Morgan fingerprint density at radius 3 is 2.64 bits per heavy atom. The Hall–Kier alpha value is -2.76. The summed E-state index contributed by atoms with van der Waals surface area (Å²) in [5.41, 5.74) is 1.65. The summed E-state index contributed by atoms with van der Waals surface area (Å²) in [5, 5.41) is 3.91. The standard InChI is InChI=1S/C22H21F3N2O/c1-27-13-19(17-7-2-3-8-20(17)27)18(12-21(28)26-16-9-10-16)14-5-4-6-15(11-14)22(23,24)25/h2-8,11,13,16,18H,9-10,12H2,1H3,(H,26,28). The van der Waals surface area contributed by atoms with Gasteiger partial charge in [-0.2, -0.15) is 13.2 Å². The van der Waals surface area contributed by atoms with Crippen LogP contribution in [0.25, 0.3) is 10.9 Å². The number of benzene rings is 2. The normalized spacial score (nSPS) is 15.6. The van der Waals surface area contributed by atoms with E-state index in [1.807, 2.05) is 42.1 Å². The lowest BCUT2D eigenvalue weighted by atomic mass is 9.87. The summed E-state index contributed by atoms with van der Waals surface area (Å²) < 4.78 is 41.7. The molecule has 0 radical (unpaired) electrons. The second-order valence-electron chi connectivity index (χ2n) is 7.43. The molecule has 1 amide bonds. The van der Waals surface area contributed by atoms with Crippen LogP contribution in [-0.4, -0.2) is 16.5 Å². The molecule has 4 rings (SSSR count). The minimum atomic E-state index is -4.42. The lowest BCUT2D eigenvalue weighted by Gasteiger charge is -2.19. The number of nitrogens with one attached hydrogen (secondary N) is 1. The van der Waals surface area contributed by atoms with E-state index in [0.29, 0.717) is 5.56 Å². The third kappa shape index (κ3) is 3.77. The Kier molecular flexibility index (Phi) is 4.65. The van der Waals surface area contributed by atoms with Gasteiger partial charge in [0.15, 0.2) is 0 Å². The molecular weight excluding hydrogens is 365 g/mol. The van der Waals surface area contributed by atoms with E-state index in [4.69, 9.17) is 0 Å². The monoisotopic (exact) mass is 386 g/mol. The summed E-state index contributed by atoms with van der Waals surface area (Å²) in [6.07, 6.45) is -0.454. The number of nitrogens with zero attached hydrogens (tertiary/aromatic N) is 1. The summed E-state index contributed by atoms with van der Waals surface area (Å²) in [4.78, 5) is 12.5. The van der Waals surface area contributed by atoms with Crippen LogP contribution in [0.15, 0.2) is 54.7 Å². The van der Waals surface area contributed by atoms with Crippen LogP contribution in [0, 0.1) is 0 Å². The van der Waals surface area contributed by atoms with Crippen molar-refractivity contribution in [2.75, 3.05) is 0 Å².